The first-order chi connectivity index (χ1) is 6.29. The first kappa shape index (κ1) is 9.44. The van der Waals surface area contributed by atoms with Crippen molar-refractivity contribution in [1.29, 1.82) is 0 Å². The summed E-state index contributed by atoms with van der Waals surface area (Å²) in [4.78, 5) is 2.50. The van der Waals surface area contributed by atoms with Gasteiger partial charge in [0, 0.05) is 19.6 Å². The summed E-state index contributed by atoms with van der Waals surface area (Å²) >= 11 is 0. The van der Waals surface area contributed by atoms with Crippen LogP contribution >= 0.6 is 0 Å². The molecule has 0 atom stereocenters. The van der Waals surface area contributed by atoms with Gasteiger partial charge in [-0.15, -0.1) is 0 Å². The van der Waals surface area contributed by atoms with Gasteiger partial charge in [0.05, 0.1) is 12.2 Å². The van der Waals surface area contributed by atoms with Gasteiger partial charge in [-0.1, -0.05) is 0 Å². The summed E-state index contributed by atoms with van der Waals surface area (Å²) in [5, 5.41) is 3.24. The van der Waals surface area contributed by atoms with Gasteiger partial charge in [0.25, 0.3) is 0 Å². The van der Waals surface area contributed by atoms with Gasteiger partial charge in [-0.05, 0) is 32.9 Å². The first-order valence-corrected chi connectivity index (χ1v) is 5.36. The van der Waals surface area contributed by atoms with Crippen molar-refractivity contribution in [1.82, 2.24) is 10.2 Å². The molecule has 0 bridgehead atoms. The van der Waals surface area contributed by atoms with Crippen LogP contribution in [0.15, 0.2) is 0 Å². The molecule has 2 aliphatic heterocycles. The number of hydrogen-bond acceptors (Lipinski definition) is 3. The predicted octanol–water partition coefficient (Wildman–Crippen LogP) is 0.461. The summed E-state index contributed by atoms with van der Waals surface area (Å²) in [6.45, 7) is 8.80. The fraction of sp³-hybridized carbons (Fsp3) is 1.00. The van der Waals surface area contributed by atoms with Crippen LogP contribution in [-0.4, -0.2) is 49.8 Å². The van der Waals surface area contributed by atoms with Crippen molar-refractivity contribution in [2.75, 3.05) is 39.3 Å². The lowest BCUT2D eigenvalue weighted by Crippen LogP contribution is -2.59. The zero-order chi connectivity index (χ0) is 9.15. The van der Waals surface area contributed by atoms with Crippen molar-refractivity contribution in [3.05, 3.63) is 0 Å². The van der Waals surface area contributed by atoms with E-state index in [2.05, 4.69) is 17.1 Å². The van der Waals surface area contributed by atoms with Crippen LogP contribution in [0.3, 0.4) is 0 Å². The molecule has 2 heterocycles. The lowest BCUT2D eigenvalue weighted by Gasteiger charge is -2.39. The second-order valence-electron chi connectivity index (χ2n) is 4.45. The van der Waals surface area contributed by atoms with E-state index in [0.717, 1.165) is 26.2 Å². The third kappa shape index (κ3) is 2.42. The minimum Gasteiger partial charge on any atom is -0.371 e. The van der Waals surface area contributed by atoms with E-state index >= 15 is 0 Å². The number of ether oxygens (including phenoxy) is 1. The maximum Gasteiger partial charge on any atom is 0.0902 e. The van der Waals surface area contributed by atoms with Crippen molar-refractivity contribution in [3.8, 4) is 0 Å². The van der Waals surface area contributed by atoms with Crippen LogP contribution in [0.25, 0.3) is 0 Å². The number of likely N-dealkylation sites (tertiary alicyclic amines) is 1. The molecule has 0 aromatic heterocycles. The van der Waals surface area contributed by atoms with Gasteiger partial charge in [-0.25, -0.2) is 0 Å². The van der Waals surface area contributed by atoms with E-state index in [1.807, 2.05) is 0 Å². The second kappa shape index (κ2) is 3.95. The molecule has 0 spiro atoms. The van der Waals surface area contributed by atoms with Crippen LogP contribution in [0.2, 0.25) is 0 Å². The fourth-order valence-electron chi connectivity index (χ4n) is 2.01. The summed E-state index contributed by atoms with van der Waals surface area (Å²) in [7, 11) is 0. The molecule has 2 aliphatic rings. The summed E-state index contributed by atoms with van der Waals surface area (Å²) in [5.41, 5.74) is 0.139. The van der Waals surface area contributed by atoms with E-state index in [-0.39, 0.29) is 5.60 Å². The van der Waals surface area contributed by atoms with Gasteiger partial charge in [0.15, 0.2) is 0 Å². The molecule has 1 N–H and O–H groups in total. The molecule has 2 rings (SSSR count). The monoisotopic (exact) mass is 184 g/mol. The van der Waals surface area contributed by atoms with Gasteiger partial charge >= 0.3 is 0 Å². The molecule has 76 valence electrons. The van der Waals surface area contributed by atoms with Crippen LogP contribution in [0.1, 0.15) is 19.8 Å². The highest BCUT2D eigenvalue weighted by molar-refractivity contribution is 4.90. The van der Waals surface area contributed by atoms with E-state index < -0.39 is 0 Å². The van der Waals surface area contributed by atoms with Crippen molar-refractivity contribution >= 4 is 0 Å². The van der Waals surface area contributed by atoms with Crippen LogP contribution in [0.4, 0.5) is 0 Å². The molecule has 0 radical (unpaired) electrons. The molecule has 2 fully saturated rings. The minimum absolute atomic E-state index is 0.139. The molecule has 0 aromatic carbocycles. The molecule has 0 aromatic rings. The van der Waals surface area contributed by atoms with E-state index in [0.29, 0.717) is 0 Å². The Morgan fingerprint density at radius 2 is 2.00 bits per heavy atom. The lowest BCUT2D eigenvalue weighted by molar-refractivity contribution is -0.0710. The third-order valence-electron chi connectivity index (χ3n) is 3.05. The summed E-state index contributed by atoms with van der Waals surface area (Å²) in [6.07, 6.45) is 2.75. The van der Waals surface area contributed by atoms with E-state index in [1.165, 1.54) is 25.9 Å². The number of rotatable bonds is 4. The van der Waals surface area contributed by atoms with Crippen LogP contribution < -0.4 is 5.32 Å². The zero-order valence-electron chi connectivity index (χ0n) is 8.51. The SMILES string of the molecule is CC1(OCCN2CCCC2)CNC1. The Labute approximate surface area is 80.4 Å². The van der Waals surface area contributed by atoms with E-state index in [4.69, 9.17) is 4.74 Å². The highest BCUT2D eigenvalue weighted by atomic mass is 16.5. The highest BCUT2D eigenvalue weighted by Gasteiger charge is 2.32. The largest absolute Gasteiger partial charge is 0.371 e. The average Bonchev–Trinajstić information content (AvgIpc) is 2.54. The molecule has 0 amide bonds. The number of nitrogens with zero attached hydrogens (tertiary/aromatic N) is 1. The topological polar surface area (TPSA) is 24.5 Å². The van der Waals surface area contributed by atoms with Gasteiger partial charge in [0.2, 0.25) is 0 Å². The smallest absolute Gasteiger partial charge is 0.0902 e. The normalized spacial score (nSPS) is 27.5. The Hall–Kier alpha value is -0.120. The molecular formula is C10H20N2O. The molecule has 0 unspecified atom stereocenters. The second-order valence-corrected chi connectivity index (χ2v) is 4.45. The van der Waals surface area contributed by atoms with Crippen molar-refractivity contribution < 1.29 is 4.74 Å². The number of nitrogens with one attached hydrogen (secondary N) is 1. The molecule has 2 saturated heterocycles. The van der Waals surface area contributed by atoms with E-state index in [1.54, 1.807) is 0 Å². The van der Waals surface area contributed by atoms with Gasteiger partial charge < -0.3 is 15.0 Å². The van der Waals surface area contributed by atoms with Gasteiger partial charge in [0.1, 0.15) is 0 Å². The Balaban J connectivity index is 1.57. The standard InChI is InChI=1S/C10H20N2O/c1-10(8-11-9-10)13-7-6-12-4-2-3-5-12/h11H,2-9H2,1H3. The fourth-order valence-corrected chi connectivity index (χ4v) is 2.01. The summed E-state index contributed by atoms with van der Waals surface area (Å²) in [5.74, 6) is 0. The lowest BCUT2D eigenvalue weighted by atomic mass is 10.0. The van der Waals surface area contributed by atoms with Crippen molar-refractivity contribution in [2.24, 2.45) is 0 Å². The Bertz CT molecular complexity index is 162. The number of hydrogen-bond donors (Lipinski definition) is 1. The van der Waals surface area contributed by atoms with Gasteiger partial charge in [-0.3, -0.25) is 0 Å². The maximum atomic E-state index is 5.82. The zero-order valence-corrected chi connectivity index (χ0v) is 8.51. The molecular weight excluding hydrogens is 164 g/mol. The van der Waals surface area contributed by atoms with Crippen molar-refractivity contribution in [3.63, 3.8) is 0 Å². The Kier molecular flexibility index (Phi) is 2.86. The molecule has 3 nitrogen and oxygen atoms in total. The van der Waals surface area contributed by atoms with E-state index in [9.17, 15) is 0 Å². The highest BCUT2D eigenvalue weighted by Crippen LogP contribution is 2.15. The Morgan fingerprint density at radius 1 is 1.31 bits per heavy atom. The molecule has 0 saturated carbocycles. The first-order valence-electron chi connectivity index (χ1n) is 5.36. The minimum atomic E-state index is 0.139. The van der Waals surface area contributed by atoms with Crippen LogP contribution in [0.5, 0.6) is 0 Å². The third-order valence-corrected chi connectivity index (χ3v) is 3.05. The summed E-state index contributed by atoms with van der Waals surface area (Å²) < 4.78 is 5.82. The molecule has 13 heavy (non-hydrogen) atoms. The Morgan fingerprint density at radius 3 is 2.54 bits per heavy atom. The quantitative estimate of drug-likeness (QED) is 0.687. The summed E-state index contributed by atoms with van der Waals surface area (Å²) in [6, 6.07) is 0. The average molecular weight is 184 g/mol. The van der Waals surface area contributed by atoms with Crippen LogP contribution in [0, 0.1) is 0 Å². The van der Waals surface area contributed by atoms with Gasteiger partial charge in [-0.2, -0.15) is 0 Å². The predicted molar refractivity (Wildman–Crippen MR) is 52.9 cm³/mol. The molecule has 3 heteroatoms. The molecule has 0 aliphatic carbocycles. The van der Waals surface area contributed by atoms with Crippen LogP contribution in [-0.2, 0) is 4.74 Å². The maximum absolute atomic E-state index is 5.82. The van der Waals surface area contributed by atoms with Crippen molar-refractivity contribution in [2.45, 2.75) is 25.4 Å².